The number of rotatable bonds is 5. The van der Waals surface area contributed by atoms with Gasteiger partial charge in [-0.2, -0.15) is 0 Å². The molecule has 5 nitrogen and oxygen atoms in total. The zero-order valence-electron chi connectivity index (χ0n) is 11.5. The second kappa shape index (κ2) is 6.24. The van der Waals surface area contributed by atoms with Gasteiger partial charge in [0.15, 0.2) is 0 Å². The van der Waals surface area contributed by atoms with E-state index in [9.17, 15) is 15.0 Å². The third-order valence-corrected chi connectivity index (χ3v) is 3.98. The Balaban J connectivity index is 1.93. The average Bonchev–Trinajstić information content (AvgIpc) is 2.90. The minimum Gasteiger partial charge on any atom is -0.508 e. The lowest BCUT2D eigenvalue weighted by Crippen LogP contribution is -2.54. The first-order chi connectivity index (χ1) is 9.54. The molecule has 1 saturated carbocycles. The molecule has 0 aromatic heterocycles. The van der Waals surface area contributed by atoms with E-state index in [-0.39, 0.29) is 18.3 Å². The minimum atomic E-state index is -0.649. The lowest BCUT2D eigenvalue weighted by Gasteiger charge is -2.29. The molecule has 5 heteroatoms. The molecular formula is C15H22N2O3. The second-order valence-electron chi connectivity index (χ2n) is 5.61. The molecule has 0 heterocycles. The number of nitrogens with one attached hydrogen (secondary N) is 1. The van der Waals surface area contributed by atoms with Crippen molar-refractivity contribution in [1.82, 2.24) is 5.32 Å². The first kappa shape index (κ1) is 14.8. The zero-order chi connectivity index (χ0) is 14.6. The van der Waals surface area contributed by atoms with Gasteiger partial charge in [0, 0.05) is 0 Å². The second-order valence-corrected chi connectivity index (χ2v) is 5.61. The van der Waals surface area contributed by atoms with Crippen molar-refractivity contribution in [3.05, 3.63) is 29.8 Å². The van der Waals surface area contributed by atoms with Crippen LogP contribution in [0.15, 0.2) is 24.3 Å². The van der Waals surface area contributed by atoms with E-state index in [2.05, 4.69) is 5.32 Å². The molecule has 1 aromatic rings. The lowest BCUT2D eigenvalue weighted by molar-refractivity contribution is -0.124. The number of carbonyl (C=O) groups excluding carboxylic acids is 1. The standard InChI is InChI=1S/C15H22N2O3/c16-13(9-11-3-5-12(19)6-4-11)14(20)17-15(10-18)7-1-2-8-15/h3-6,13,18-19H,1-2,7-10,16H2,(H,17,20). The third kappa shape index (κ3) is 3.49. The van der Waals surface area contributed by atoms with E-state index < -0.39 is 11.6 Å². The SMILES string of the molecule is NC(Cc1ccc(O)cc1)C(=O)NC1(CO)CCCC1. The van der Waals surface area contributed by atoms with Gasteiger partial charge in [0.05, 0.1) is 18.2 Å². The number of amides is 1. The number of carbonyl (C=O) groups is 1. The number of phenols is 1. The molecule has 1 unspecified atom stereocenters. The predicted octanol–water partition coefficient (Wildman–Crippen LogP) is 0.683. The van der Waals surface area contributed by atoms with Gasteiger partial charge < -0.3 is 21.3 Å². The molecule has 1 aliphatic rings. The fourth-order valence-electron chi connectivity index (χ4n) is 2.71. The summed E-state index contributed by atoms with van der Waals surface area (Å²) in [4.78, 5) is 12.1. The number of phenolic OH excluding ortho intramolecular Hbond substituents is 1. The summed E-state index contributed by atoms with van der Waals surface area (Å²) < 4.78 is 0. The van der Waals surface area contributed by atoms with Crippen LogP contribution in [0.1, 0.15) is 31.2 Å². The highest BCUT2D eigenvalue weighted by Crippen LogP contribution is 2.29. The summed E-state index contributed by atoms with van der Waals surface area (Å²) in [6.07, 6.45) is 4.07. The zero-order valence-corrected chi connectivity index (χ0v) is 11.5. The number of aliphatic hydroxyl groups excluding tert-OH is 1. The van der Waals surface area contributed by atoms with Crippen LogP contribution in [0.5, 0.6) is 5.75 Å². The first-order valence-electron chi connectivity index (χ1n) is 7.01. The maximum Gasteiger partial charge on any atom is 0.237 e. The van der Waals surface area contributed by atoms with Crippen molar-refractivity contribution in [2.45, 2.75) is 43.7 Å². The Morgan fingerprint density at radius 3 is 2.45 bits per heavy atom. The summed E-state index contributed by atoms with van der Waals surface area (Å²) in [5, 5.41) is 21.6. The monoisotopic (exact) mass is 278 g/mol. The molecule has 1 atom stereocenters. The Kier molecular flexibility index (Phi) is 4.62. The normalized spacial score (nSPS) is 18.7. The van der Waals surface area contributed by atoms with Gasteiger partial charge in [0.2, 0.25) is 5.91 Å². The largest absolute Gasteiger partial charge is 0.508 e. The van der Waals surface area contributed by atoms with E-state index in [1.54, 1.807) is 24.3 Å². The Labute approximate surface area is 118 Å². The number of aliphatic hydroxyl groups is 1. The van der Waals surface area contributed by atoms with Crippen molar-refractivity contribution in [3.8, 4) is 5.75 Å². The van der Waals surface area contributed by atoms with E-state index in [1.165, 1.54) is 0 Å². The molecule has 0 aliphatic heterocycles. The summed E-state index contributed by atoms with van der Waals surface area (Å²) >= 11 is 0. The maximum absolute atomic E-state index is 12.1. The van der Waals surface area contributed by atoms with Gasteiger partial charge in [-0.25, -0.2) is 0 Å². The van der Waals surface area contributed by atoms with Gasteiger partial charge >= 0.3 is 0 Å². The molecular weight excluding hydrogens is 256 g/mol. The highest BCUT2D eigenvalue weighted by atomic mass is 16.3. The molecule has 1 fully saturated rings. The molecule has 0 bridgehead atoms. The van der Waals surface area contributed by atoms with E-state index in [1.807, 2.05) is 0 Å². The highest BCUT2D eigenvalue weighted by molar-refractivity contribution is 5.82. The lowest BCUT2D eigenvalue weighted by atomic mass is 9.97. The molecule has 0 saturated heterocycles. The van der Waals surface area contributed by atoms with Crippen LogP contribution in [-0.2, 0) is 11.2 Å². The van der Waals surface area contributed by atoms with Crippen LogP contribution in [0, 0.1) is 0 Å². The van der Waals surface area contributed by atoms with E-state index in [0.717, 1.165) is 31.2 Å². The topological polar surface area (TPSA) is 95.6 Å². The molecule has 0 radical (unpaired) electrons. The number of benzene rings is 1. The Morgan fingerprint density at radius 2 is 1.90 bits per heavy atom. The summed E-state index contributed by atoms with van der Waals surface area (Å²) in [6.45, 7) is -0.0370. The van der Waals surface area contributed by atoms with Gasteiger partial charge in [-0.3, -0.25) is 4.79 Å². The van der Waals surface area contributed by atoms with Gasteiger partial charge in [0.25, 0.3) is 0 Å². The van der Waals surface area contributed by atoms with Crippen molar-refractivity contribution in [3.63, 3.8) is 0 Å². The van der Waals surface area contributed by atoms with Crippen molar-refractivity contribution in [2.24, 2.45) is 5.73 Å². The van der Waals surface area contributed by atoms with Crippen molar-refractivity contribution < 1.29 is 15.0 Å². The predicted molar refractivity (Wildman–Crippen MR) is 76.2 cm³/mol. The van der Waals surface area contributed by atoms with Crippen LogP contribution in [0.3, 0.4) is 0 Å². The molecule has 110 valence electrons. The first-order valence-corrected chi connectivity index (χ1v) is 7.01. The van der Waals surface area contributed by atoms with Gasteiger partial charge in [-0.1, -0.05) is 25.0 Å². The minimum absolute atomic E-state index is 0.0370. The molecule has 1 amide bonds. The van der Waals surface area contributed by atoms with Crippen molar-refractivity contribution >= 4 is 5.91 Å². The Morgan fingerprint density at radius 1 is 1.30 bits per heavy atom. The van der Waals surface area contributed by atoms with E-state index >= 15 is 0 Å². The van der Waals surface area contributed by atoms with Gasteiger partial charge in [-0.15, -0.1) is 0 Å². The van der Waals surface area contributed by atoms with Crippen LogP contribution >= 0.6 is 0 Å². The van der Waals surface area contributed by atoms with Gasteiger partial charge in [-0.05, 0) is 37.0 Å². The smallest absolute Gasteiger partial charge is 0.237 e. The van der Waals surface area contributed by atoms with Crippen LogP contribution in [0.4, 0.5) is 0 Å². The van der Waals surface area contributed by atoms with Crippen LogP contribution in [0.25, 0.3) is 0 Å². The van der Waals surface area contributed by atoms with Crippen LogP contribution in [0.2, 0.25) is 0 Å². The maximum atomic E-state index is 12.1. The Hall–Kier alpha value is -1.59. The number of hydrogen-bond acceptors (Lipinski definition) is 4. The summed E-state index contributed by atoms with van der Waals surface area (Å²) in [5.41, 5.74) is 6.34. The molecule has 0 spiro atoms. The van der Waals surface area contributed by atoms with Crippen LogP contribution in [-0.4, -0.2) is 34.3 Å². The number of hydrogen-bond donors (Lipinski definition) is 4. The molecule has 1 aromatic carbocycles. The molecule has 1 aliphatic carbocycles. The van der Waals surface area contributed by atoms with Crippen molar-refractivity contribution in [2.75, 3.05) is 6.61 Å². The molecule has 5 N–H and O–H groups in total. The fourth-order valence-corrected chi connectivity index (χ4v) is 2.71. The fraction of sp³-hybridized carbons (Fsp3) is 0.533. The molecule has 2 rings (SSSR count). The number of aromatic hydroxyl groups is 1. The van der Waals surface area contributed by atoms with E-state index in [0.29, 0.717) is 6.42 Å². The van der Waals surface area contributed by atoms with Crippen LogP contribution < -0.4 is 11.1 Å². The molecule has 20 heavy (non-hydrogen) atoms. The quantitative estimate of drug-likeness (QED) is 0.637. The van der Waals surface area contributed by atoms with Crippen molar-refractivity contribution in [1.29, 1.82) is 0 Å². The Bertz CT molecular complexity index is 453. The van der Waals surface area contributed by atoms with E-state index in [4.69, 9.17) is 5.73 Å². The summed E-state index contributed by atoms with van der Waals surface area (Å²) in [6, 6.07) is 6.00. The summed E-state index contributed by atoms with van der Waals surface area (Å²) in [7, 11) is 0. The third-order valence-electron chi connectivity index (χ3n) is 3.98. The highest BCUT2D eigenvalue weighted by Gasteiger charge is 2.35. The average molecular weight is 278 g/mol. The summed E-state index contributed by atoms with van der Waals surface area (Å²) in [5.74, 6) is -0.0361. The van der Waals surface area contributed by atoms with Gasteiger partial charge in [0.1, 0.15) is 5.75 Å². The number of nitrogens with two attached hydrogens (primary N) is 1.